The minimum Gasteiger partial charge on any atom is 0 e. The van der Waals surface area contributed by atoms with Crippen molar-refractivity contribution in [3.05, 3.63) is 0 Å². The summed E-state index contributed by atoms with van der Waals surface area (Å²) in [6, 6.07) is 0. The Morgan fingerprint density at radius 1 is 0.0455 bits per heavy atom. The molecule has 176 valence electrons. The van der Waals surface area contributed by atoms with Gasteiger partial charge in [-0.15, -0.1) is 0 Å². The van der Waals surface area contributed by atoms with Gasteiger partial charge in [-0.05, 0) is 0 Å². The molecule has 0 aromatic carbocycles. The van der Waals surface area contributed by atoms with Gasteiger partial charge in [-0.25, -0.2) is 0 Å². The Morgan fingerprint density at radius 2 is 0.0455 bits per heavy atom. The summed E-state index contributed by atoms with van der Waals surface area (Å²) in [5.74, 6) is 0. The molecule has 0 unspecified atom stereocenters. The zero-order chi connectivity index (χ0) is 0. The van der Waals surface area contributed by atoms with E-state index in [1.807, 2.05) is 0 Å². The quantitative estimate of drug-likeness (QED) is 0.320. The van der Waals surface area contributed by atoms with E-state index in [9.17, 15) is 0 Å². The van der Waals surface area contributed by atoms with Crippen molar-refractivity contribution in [3.8, 4) is 0 Å². The van der Waals surface area contributed by atoms with Crippen LogP contribution < -0.4 is 0 Å². The van der Waals surface area contributed by atoms with Crippen molar-refractivity contribution >= 4 is 0 Å². The molecular weight excluding hydrogens is 4190 g/mol. The Balaban J connectivity index is 0. The molecule has 0 N–H and O–H groups in total. The molecule has 22 heavy (non-hydrogen) atoms. The summed E-state index contributed by atoms with van der Waals surface area (Å²) in [4.78, 5) is 0. The summed E-state index contributed by atoms with van der Waals surface area (Å²) in [5, 5.41) is 0. The van der Waals surface area contributed by atoms with E-state index in [4.69, 9.17) is 0 Å². The monoisotopic (exact) mass is 4220 g/mol. The van der Waals surface area contributed by atoms with E-state index in [1.165, 1.54) is 0 Å². The SMILES string of the molecule is [Os].[Os].[Os].[Os].[Os].[Os].[Os].[Os].[Os].[Os].[Os].[Os].[Os].[Os].[Os].[Os].[Os].[Os].[Os].[Os].[Os].[Os]. The van der Waals surface area contributed by atoms with Gasteiger partial charge in [0.05, 0.1) is 0 Å². The van der Waals surface area contributed by atoms with Crippen LogP contribution in [0.4, 0.5) is 0 Å². The standard InChI is InChI=1S/22Os. The molecule has 0 aliphatic carbocycles. The fourth-order valence-corrected chi connectivity index (χ4v) is 0. The van der Waals surface area contributed by atoms with Crippen LogP contribution in [0, 0.1) is 0 Å². The average Bonchev–Trinajstić information content (AvgIpc) is 0. The van der Waals surface area contributed by atoms with Crippen LogP contribution in [0.25, 0.3) is 0 Å². The Morgan fingerprint density at radius 3 is 0.0455 bits per heavy atom. The summed E-state index contributed by atoms with van der Waals surface area (Å²) in [6.45, 7) is 0. The molecule has 0 aliphatic heterocycles. The largest absolute Gasteiger partial charge is 0 e. The second kappa shape index (κ2) is 206. The van der Waals surface area contributed by atoms with Crippen LogP contribution in [-0.2, 0) is 435 Å². The maximum Gasteiger partial charge on any atom is 0 e. The van der Waals surface area contributed by atoms with Crippen molar-refractivity contribution in [1.82, 2.24) is 0 Å². The van der Waals surface area contributed by atoms with E-state index < -0.39 is 0 Å². The van der Waals surface area contributed by atoms with Crippen molar-refractivity contribution < 1.29 is 435 Å². The number of hydrogen-bond donors (Lipinski definition) is 0. The van der Waals surface area contributed by atoms with Crippen LogP contribution in [-0.4, -0.2) is 0 Å². The van der Waals surface area contributed by atoms with Gasteiger partial charge in [0.2, 0.25) is 0 Å². The summed E-state index contributed by atoms with van der Waals surface area (Å²) >= 11 is 0. The average molecular weight is 4190 g/mol. The zero-order valence-electron chi connectivity index (χ0n) is 7.78. The van der Waals surface area contributed by atoms with Gasteiger partial charge in [0.15, 0.2) is 0 Å². The Hall–Kier alpha value is 14.0. The van der Waals surface area contributed by atoms with Gasteiger partial charge in [0.1, 0.15) is 0 Å². The molecule has 0 aromatic heterocycles. The molecule has 0 aromatic rings. The van der Waals surface area contributed by atoms with E-state index in [2.05, 4.69) is 0 Å². The van der Waals surface area contributed by atoms with Crippen molar-refractivity contribution in [2.24, 2.45) is 0 Å². The van der Waals surface area contributed by atoms with Crippen molar-refractivity contribution in [3.63, 3.8) is 0 Å². The summed E-state index contributed by atoms with van der Waals surface area (Å²) in [6.07, 6.45) is 0. The topological polar surface area (TPSA) is 0 Å². The molecular formula is Os22. The fourth-order valence-electron chi connectivity index (χ4n) is 0. The van der Waals surface area contributed by atoms with Crippen molar-refractivity contribution in [1.29, 1.82) is 0 Å². The van der Waals surface area contributed by atoms with Crippen LogP contribution >= 0.6 is 0 Å². The molecule has 0 aliphatic rings. The van der Waals surface area contributed by atoms with Gasteiger partial charge in [0.25, 0.3) is 0 Å². The second-order valence-electron chi connectivity index (χ2n) is 0. The molecule has 0 rings (SSSR count). The molecule has 0 saturated heterocycles. The van der Waals surface area contributed by atoms with Crippen LogP contribution in [0.1, 0.15) is 0 Å². The van der Waals surface area contributed by atoms with Gasteiger partial charge in [0, 0.05) is 435 Å². The van der Waals surface area contributed by atoms with Crippen LogP contribution in [0.15, 0.2) is 0 Å². The third kappa shape index (κ3) is 189. The minimum absolute atomic E-state index is 0. The number of hydrogen-bond acceptors (Lipinski definition) is 0. The number of rotatable bonds is 0. The van der Waals surface area contributed by atoms with Gasteiger partial charge in [-0.3, -0.25) is 0 Å². The van der Waals surface area contributed by atoms with Crippen LogP contribution in [0.3, 0.4) is 0 Å². The molecule has 0 saturated carbocycles. The molecule has 22 heteroatoms. The first kappa shape index (κ1) is 225. The van der Waals surface area contributed by atoms with Crippen LogP contribution in [0.2, 0.25) is 0 Å². The Labute approximate surface area is 423 Å². The third-order valence-corrected chi connectivity index (χ3v) is 0. The summed E-state index contributed by atoms with van der Waals surface area (Å²) < 4.78 is 0. The molecule has 0 radical (unpaired) electrons. The van der Waals surface area contributed by atoms with E-state index in [-0.39, 0.29) is 435 Å². The van der Waals surface area contributed by atoms with E-state index in [0.717, 1.165) is 0 Å². The molecule has 0 atom stereocenters. The predicted octanol–water partition coefficient (Wildman–Crippen LogP) is -0.0550. The van der Waals surface area contributed by atoms with Crippen molar-refractivity contribution in [2.45, 2.75) is 0 Å². The molecule has 0 spiro atoms. The first-order valence-corrected chi connectivity index (χ1v) is 0. The molecule has 0 amide bonds. The normalized spacial score (nSPS) is 0. The molecule has 0 bridgehead atoms. The fraction of sp³-hybridized carbons (Fsp3) is 0. The zero-order valence-corrected chi connectivity index (χ0v) is 63.7. The molecule has 0 fully saturated rings. The first-order chi connectivity index (χ1) is 0. The van der Waals surface area contributed by atoms with E-state index >= 15 is 0 Å². The summed E-state index contributed by atoms with van der Waals surface area (Å²) in [7, 11) is 0. The van der Waals surface area contributed by atoms with E-state index in [1.54, 1.807) is 0 Å². The van der Waals surface area contributed by atoms with Gasteiger partial charge in [-0.1, -0.05) is 0 Å². The molecule has 0 heterocycles. The maximum atomic E-state index is 0. The molecule has 0 nitrogen and oxygen atoms in total. The Bertz CT molecular complexity index is 0. The Kier molecular flexibility index (Phi) is 2110. The summed E-state index contributed by atoms with van der Waals surface area (Å²) in [5.41, 5.74) is 0. The first-order valence-electron chi connectivity index (χ1n) is 0. The maximum absolute atomic E-state index is 0. The second-order valence-corrected chi connectivity index (χ2v) is 0. The van der Waals surface area contributed by atoms with Crippen molar-refractivity contribution in [2.75, 3.05) is 0 Å². The van der Waals surface area contributed by atoms with Gasteiger partial charge >= 0.3 is 0 Å². The van der Waals surface area contributed by atoms with E-state index in [0.29, 0.717) is 0 Å². The van der Waals surface area contributed by atoms with Crippen LogP contribution in [0.5, 0.6) is 0 Å². The smallest absolute Gasteiger partial charge is 0 e. The van der Waals surface area contributed by atoms with Gasteiger partial charge in [-0.2, -0.15) is 0 Å². The minimum atomic E-state index is 0. The van der Waals surface area contributed by atoms with Gasteiger partial charge < -0.3 is 0 Å². The predicted molar refractivity (Wildman–Crippen MR) is 0 cm³/mol. The third-order valence-electron chi connectivity index (χ3n) is 0.